The number of allylic oxidation sites excluding steroid dienone is 4. The van der Waals surface area contributed by atoms with Crippen molar-refractivity contribution in [1.29, 1.82) is 0 Å². The molecule has 3 fully saturated rings. The molecule has 2 amide bonds. The van der Waals surface area contributed by atoms with Crippen LogP contribution in [0.2, 0.25) is 0 Å². The van der Waals surface area contributed by atoms with E-state index in [2.05, 4.69) is 56.2 Å². The Morgan fingerprint density at radius 1 is 0.808 bits per heavy atom. The summed E-state index contributed by atoms with van der Waals surface area (Å²) in [7, 11) is 4.65. The number of nitrogens with one attached hydrogen (secondary N) is 1. The first kappa shape index (κ1) is 97.3. The lowest BCUT2D eigenvalue weighted by molar-refractivity contribution is -0.265. The number of Topliss-reactive ketones (excluding diaryl/α,β-unsaturated/α-hetero) is 1. The van der Waals surface area contributed by atoms with Crippen molar-refractivity contribution in [2.75, 3.05) is 125 Å². The Morgan fingerprint density at radius 2 is 1.51 bits per heavy atom. The molecule has 0 spiro atoms. The molecule has 668 valence electrons. The number of carbonyl (C=O) groups is 4. The van der Waals surface area contributed by atoms with Crippen molar-refractivity contribution in [3.63, 3.8) is 0 Å². The molecule has 1 aromatic carbocycles. The van der Waals surface area contributed by atoms with Gasteiger partial charge < -0.3 is 109 Å². The number of methoxy groups -OCH3 is 3. The van der Waals surface area contributed by atoms with Crippen LogP contribution < -0.4 is 22.5 Å². The number of nitrogens with zero attached hydrogens (tertiary/aromatic N) is 10. The molecule has 5 aromatic rings. The standard InChI is InChI=1S/C85H132N14O21/c1-12-13-14-19-55(4)69(108-9)49-63-24-21-59(8)85(107,120-63)79(104)82(105)98-29-17-15-20-66(98)83(106)118-71(64(86)46-60-22-25-67(100)72(47-60)110-11)50-70(109-10)56(5)45-58(7)77(102)78(103)75(57(6)44-54(2)3)95-117-52-62-51-97(96-93-62)31-33-112-35-37-114-39-41-116-43-42-115-40-38-113-36-34-111-32-27-73(101)89-28-16-18-30-99-81-74(80(87)90-53-91-81)76(94-99)61-23-26-68-65(48-61)92-84(88)119-68/h12-14,19,23,26,45,48,51,53-54,56-57,59-60,63-64,66-67,69-72,77-78,100,102-103,107H,1,15-18,20-22,24-25,27-44,46-47,49-50,52,86H2,2-11H3,(H2,88,92)(H,89,101)(H2,87,90,91)/b14-13+,55-19+,58-45+,95-75+/t56-,57-,59-,60+,63+,64-,66+,67-,69+,70-,71+,72-,77-,78+,85-/m1/s1. The van der Waals surface area contributed by atoms with Crippen LogP contribution in [0.4, 0.5) is 11.8 Å². The molecule has 0 bridgehead atoms. The van der Waals surface area contributed by atoms with E-state index in [0.29, 0.717) is 201 Å². The SMILES string of the molecule is C=C/C=C/C=C(\C)[C@H](C[C@@H]1CC[C@@H](C)[C@](O)(C(=O)C(=O)N2CCCC[C@H]2C(=O)O[C@@H](C[C@@H](OC)[C@H](C)/C=C(\C)[C@@H](O)[C@@H](O)/C(=N/OCc2cn(CCOCCOCCOCCOCCOCCOCCC(=O)NCCCCn3nc(-c4ccc5oc(N)nc5c4)c4c(N)ncnc43)nn2)[C@H](C)CC(C)C)[C@H](N)C[C@@H]2CC[C@@H](O)[C@H](OC)C2)O1)OC. The highest BCUT2D eigenvalue weighted by molar-refractivity contribution is 6.39. The van der Waals surface area contributed by atoms with Crippen molar-refractivity contribution in [3.8, 4) is 11.3 Å². The van der Waals surface area contributed by atoms with E-state index in [1.807, 2.05) is 45.1 Å². The van der Waals surface area contributed by atoms with E-state index >= 15 is 0 Å². The summed E-state index contributed by atoms with van der Waals surface area (Å²) in [5, 5.41) is 67.9. The molecule has 0 unspecified atom stereocenters. The van der Waals surface area contributed by atoms with Gasteiger partial charge in [0.25, 0.3) is 17.7 Å². The van der Waals surface area contributed by atoms with Gasteiger partial charge in [-0.3, -0.25) is 14.4 Å². The summed E-state index contributed by atoms with van der Waals surface area (Å²) in [5.74, 6) is -6.52. The van der Waals surface area contributed by atoms with Gasteiger partial charge in [-0.05, 0) is 132 Å². The summed E-state index contributed by atoms with van der Waals surface area (Å²) in [6.07, 6.45) is 12.4. The first-order valence-corrected chi connectivity index (χ1v) is 42.2. The minimum absolute atomic E-state index is 0.00554. The van der Waals surface area contributed by atoms with Gasteiger partial charge in [0.1, 0.15) is 53.4 Å². The minimum Gasteiger partial charge on any atom is -0.459 e. The van der Waals surface area contributed by atoms with Gasteiger partial charge in [0.2, 0.25) is 11.7 Å². The molecule has 2 aliphatic heterocycles. The number of oxazole rings is 1. The van der Waals surface area contributed by atoms with E-state index in [-0.39, 0.29) is 74.4 Å². The summed E-state index contributed by atoms with van der Waals surface area (Å²) in [4.78, 5) is 76.0. The second-order valence-electron chi connectivity index (χ2n) is 31.8. The fourth-order valence-corrected chi connectivity index (χ4v) is 15.5. The maximum Gasteiger partial charge on any atom is 0.329 e. The van der Waals surface area contributed by atoms with Crippen molar-refractivity contribution < 1.29 is 101 Å². The Balaban J connectivity index is 0.700. The summed E-state index contributed by atoms with van der Waals surface area (Å²) in [6, 6.07) is 3.62. The number of carbonyl (C=O) groups excluding carboxylic acids is 4. The smallest absolute Gasteiger partial charge is 0.329 e. The van der Waals surface area contributed by atoms with E-state index in [1.54, 1.807) is 67.9 Å². The second kappa shape index (κ2) is 50.5. The van der Waals surface area contributed by atoms with Crippen LogP contribution in [-0.4, -0.2) is 275 Å². The van der Waals surface area contributed by atoms with Crippen molar-refractivity contribution in [2.45, 2.75) is 231 Å². The Kier molecular flexibility index (Phi) is 40.9. The third kappa shape index (κ3) is 29.6. The summed E-state index contributed by atoms with van der Waals surface area (Å²) in [6.45, 7) is 22.7. The van der Waals surface area contributed by atoms with E-state index in [4.69, 9.17) is 83.7 Å². The highest BCUT2D eigenvalue weighted by atomic mass is 16.6. The van der Waals surface area contributed by atoms with Gasteiger partial charge in [0.05, 0.1) is 134 Å². The zero-order valence-electron chi connectivity index (χ0n) is 71.7. The van der Waals surface area contributed by atoms with Gasteiger partial charge in [0.15, 0.2) is 17.8 Å². The van der Waals surface area contributed by atoms with Crippen LogP contribution in [-0.2, 0) is 95.8 Å². The number of benzene rings is 1. The molecule has 4 aromatic heterocycles. The average molecular weight is 1690 g/mol. The Labute approximate surface area is 703 Å². The molecule has 11 N–H and O–H groups in total. The monoisotopic (exact) mass is 1680 g/mol. The number of hydrogen-bond acceptors (Lipinski definition) is 31. The van der Waals surface area contributed by atoms with Crippen LogP contribution in [0.15, 0.2) is 88.4 Å². The number of piperidine rings is 1. The number of aromatic nitrogens is 8. The van der Waals surface area contributed by atoms with E-state index in [9.17, 15) is 39.6 Å². The number of nitrogen functional groups attached to an aromatic ring is 2. The highest BCUT2D eigenvalue weighted by Gasteiger charge is 2.53. The average Bonchev–Trinajstić information content (AvgIpc) is 1.74. The van der Waals surface area contributed by atoms with Gasteiger partial charge in [-0.1, -0.05) is 81.9 Å². The number of aliphatic hydroxyl groups excluding tert-OH is 3. The number of aliphatic hydroxyl groups is 4. The Hall–Kier alpha value is -8.11. The van der Waals surface area contributed by atoms with E-state index in [1.165, 1.54) is 18.3 Å². The predicted octanol–water partition coefficient (Wildman–Crippen LogP) is 7.09. The lowest BCUT2D eigenvalue weighted by Gasteiger charge is -2.43. The molecule has 35 nitrogen and oxygen atoms in total. The molecule has 8 rings (SSSR count). The van der Waals surface area contributed by atoms with Gasteiger partial charge in [0, 0.05) is 89.6 Å². The second-order valence-corrected chi connectivity index (χ2v) is 31.8. The highest BCUT2D eigenvalue weighted by Crippen LogP contribution is 2.39. The zero-order chi connectivity index (χ0) is 86.7. The van der Waals surface area contributed by atoms with Gasteiger partial charge >= 0.3 is 5.97 Å². The maximum absolute atomic E-state index is 14.8. The first-order chi connectivity index (χ1) is 57.8. The molecule has 3 aliphatic rings. The van der Waals surface area contributed by atoms with Crippen molar-refractivity contribution in [1.82, 2.24) is 49.9 Å². The molecule has 35 heteroatoms. The molecule has 2 saturated heterocycles. The van der Waals surface area contributed by atoms with E-state index in [0.717, 1.165) is 24.0 Å². The minimum atomic E-state index is -2.47. The number of amides is 2. The number of ether oxygens (including phenoxy) is 11. The fraction of sp³-hybridized carbons (Fsp3) is 0.682. The van der Waals surface area contributed by atoms with Crippen molar-refractivity contribution in [2.24, 2.45) is 40.5 Å². The third-order valence-electron chi connectivity index (χ3n) is 22.3. The lowest BCUT2D eigenvalue weighted by Crippen LogP contribution is -2.61. The number of hydrogen-bond donors (Lipinski definition) is 8. The van der Waals surface area contributed by atoms with Crippen LogP contribution in [0, 0.1) is 29.6 Å². The topological polar surface area (TPSA) is 466 Å². The number of oxime groups is 1. The number of aryl methyl sites for hydroxylation is 1. The van der Waals surface area contributed by atoms with E-state index < -0.39 is 96.2 Å². The number of anilines is 2. The Morgan fingerprint density at radius 3 is 2.18 bits per heavy atom. The van der Waals surface area contributed by atoms with Gasteiger partial charge in [-0.25, -0.2) is 24.1 Å². The van der Waals surface area contributed by atoms with Gasteiger partial charge in [-0.15, -0.1) is 5.10 Å². The molecule has 6 heterocycles. The fourth-order valence-electron chi connectivity index (χ4n) is 15.5. The van der Waals surface area contributed by atoms with Crippen molar-refractivity contribution in [3.05, 3.63) is 84.5 Å². The maximum atomic E-state index is 14.8. The number of unbranched alkanes of at least 4 members (excludes halogenated alkanes) is 1. The molecular formula is C85H132N14O21. The number of nitrogens with two attached hydrogens (primary N) is 3. The summed E-state index contributed by atoms with van der Waals surface area (Å²) in [5.41, 5.74) is 24.3. The van der Waals surface area contributed by atoms with Crippen LogP contribution in [0.5, 0.6) is 0 Å². The zero-order valence-corrected chi connectivity index (χ0v) is 71.7. The molecule has 0 radical (unpaired) electrons. The molecular weight excluding hydrogens is 1550 g/mol. The number of esters is 1. The summed E-state index contributed by atoms with van der Waals surface area (Å²) >= 11 is 0. The third-order valence-corrected chi connectivity index (χ3v) is 22.3. The first-order valence-electron chi connectivity index (χ1n) is 42.2. The number of ketones is 1. The van der Waals surface area contributed by atoms with Crippen LogP contribution in [0.25, 0.3) is 33.4 Å². The van der Waals surface area contributed by atoms with Gasteiger partial charge in [-0.2, -0.15) is 10.1 Å². The molecule has 1 aliphatic carbocycles. The largest absolute Gasteiger partial charge is 0.459 e. The lowest BCUT2D eigenvalue weighted by atomic mass is 9.80. The van der Waals surface area contributed by atoms with Crippen LogP contribution >= 0.6 is 0 Å². The molecule has 15 atom stereocenters. The quantitative estimate of drug-likeness (QED) is 0.00366. The predicted molar refractivity (Wildman–Crippen MR) is 448 cm³/mol. The number of likely N-dealkylation sites (tertiary alicyclic amines) is 1. The summed E-state index contributed by atoms with van der Waals surface area (Å²) < 4.78 is 72.8. The molecule has 120 heavy (non-hydrogen) atoms. The molecule has 1 saturated carbocycles. The number of rotatable bonds is 55. The van der Waals surface area contributed by atoms with Crippen molar-refractivity contribution >= 4 is 63.2 Å². The number of fused-ring (bicyclic) bond motifs is 2. The van der Waals surface area contributed by atoms with Crippen LogP contribution in [0.1, 0.15) is 150 Å². The Bertz CT molecular complexity index is 4100. The van der Waals surface area contributed by atoms with Crippen LogP contribution in [0.3, 0.4) is 0 Å². The normalized spacial score (nSPS) is 21.7.